The van der Waals surface area contributed by atoms with E-state index < -0.39 is 0 Å². The number of hydrogen-bond acceptors (Lipinski definition) is 3. The lowest BCUT2D eigenvalue weighted by Crippen LogP contribution is -2.32. The van der Waals surface area contributed by atoms with Gasteiger partial charge in [-0.15, -0.1) is 0 Å². The summed E-state index contributed by atoms with van der Waals surface area (Å²) in [5.41, 5.74) is 1.64. The average Bonchev–Trinajstić information content (AvgIpc) is 2.31. The van der Waals surface area contributed by atoms with Gasteiger partial charge in [-0.05, 0) is 31.4 Å². The Morgan fingerprint density at radius 3 is 2.67 bits per heavy atom. The van der Waals surface area contributed by atoms with Gasteiger partial charge >= 0.3 is 0 Å². The number of nitriles is 1. The Bertz CT molecular complexity index is 372. The number of rotatable bonds is 1. The van der Waals surface area contributed by atoms with Crippen LogP contribution in [0.15, 0.2) is 18.3 Å². The van der Waals surface area contributed by atoms with Gasteiger partial charge in [0.15, 0.2) is 0 Å². The summed E-state index contributed by atoms with van der Waals surface area (Å²) in [6.07, 6.45) is 3.37. The summed E-state index contributed by atoms with van der Waals surface area (Å²) in [5.74, 6) is 0. The zero-order chi connectivity index (χ0) is 10.7. The SMILES string of the molecule is Cc1ccc(C2(C#N)CCOCC2)cn1. The Morgan fingerprint density at radius 2 is 2.13 bits per heavy atom. The molecule has 3 heteroatoms. The molecule has 1 saturated heterocycles. The highest BCUT2D eigenvalue weighted by molar-refractivity contribution is 5.31. The van der Waals surface area contributed by atoms with Crippen LogP contribution in [-0.4, -0.2) is 18.2 Å². The molecule has 0 saturated carbocycles. The molecule has 0 atom stereocenters. The summed E-state index contributed by atoms with van der Waals surface area (Å²) in [6.45, 7) is 3.29. The van der Waals surface area contributed by atoms with E-state index in [9.17, 15) is 5.26 Å². The van der Waals surface area contributed by atoms with E-state index in [0.29, 0.717) is 13.2 Å². The lowest BCUT2D eigenvalue weighted by atomic mass is 9.76. The van der Waals surface area contributed by atoms with Gasteiger partial charge < -0.3 is 4.74 Å². The Hall–Kier alpha value is -1.40. The van der Waals surface area contributed by atoms with Gasteiger partial charge in [0.25, 0.3) is 0 Å². The van der Waals surface area contributed by atoms with Gasteiger partial charge in [-0.1, -0.05) is 6.07 Å². The van der Waals surface area contributed by atoms with E-state index in [1.807, 2.05) is 25.3 Å². The normalized spacial score (nSPS) is 19.5. The van der Waals surface area contributed by atoms with Crippen molar-refractivity contribution in [3.05, 3.63) is 29.6 Å². The predicted molar refractivity (Wildman–Crippen MR) is 56.3 cm³/mol. The second-order valence-electron chi connectivity index (χ2n) is 3.99. The molecule has 0 aromatic carbocycles. The number of hydrogen-bond donors (Lipinski definition) is 0. The summed E-state index contributed by atoms with van der Waals surface area (Å²) in [7, 11) is 0. The van der Waals surface area contributed by atoms with Gasteiger partial charge in [0.1, 0.15) is 0 Å². The van der Waals surface area contributed by atoms with Crippen LogP contribution in [0, 0.1) is 18.3 Å². The molecule has 0 spiro atoms. The molecule has 3 nitrogen and oxygen atoms in total. The fourth-order valence-electron chi connectivity index (χ4n) is 1.94. The molecule has 2 rings (SSSR count). The first kappa shape index (κ1) is 10.1. The molecule has 0 unspecified atom stereocenters. The van der Waals surface area contributed by atoms with Gasteiger partial charge in [-0.25, -0.2) is 0 Å². The monoisotopic (exact) mass is 202 g/mol. The fraction of sp³-hybridized carbons (Fsp3) is 0.500. The third kappa shape index (κ3) is 1.86. The molecular formula is C12H14N2O. The first-order valence-electron chi connectivity index (χ1n) is 5.19. The van der Waals surface area contributed by atoms with Crippen LogP contribution < -0.4 is 0 Å². The van der Waals surface area contributed by atoms with E-state index in [0.717, 1.165) is 24.1 Å². The summed E-state index contributed by atoms with van der Waals surface area (Å²) < 4.78 is 5.30. The zero-order valence-electron chi connectivity index (χ0n) is 8.86. The summed E-state index contributed by atoms with van der Waals surface area (Å²) >= 11 is 0. The molecule has 1 aliphatic heterocycles. The highest BCUT2D eigenvalue weighted by atomic mass is 16.5. The van der Waals surface area contributed by atoms with Crippen LogP contribution in [-0.2, 0) is 10.2 Å². The van der Waals surface area contributed by atoms with Crippen LogP contribution in [0.4, 0.5) is 0 Å². The van der Waals surface area contributed by atoms with Gasteiger partial charge in [0, 0.05) is 25.1 Å². The van der Waals surface area contributed by atoms with Crippen LogP contribution in [0.1, 0.15) is 24.1 Å². The van der Waals surface area contributed by atoms with Crippen molar-refractivity contribution in [1.82, 2.24) is 4.98 Å². The van der Waals surface area contributed by atoms with Gasteiger partial charge in [-0.2, -0.15) is 5.26 Å². The lowest BCUT2D eigenvalue weighted by molar-refractivity contribution is 0.0674. The molecule has 1 fully saturated rings. The van der Waals surface area contributed by atoms with Crippen molar-refractivity contribution in [3.63, 3.8) is 0 Å². The summed E-state index contributed by atoms with van der Waals surface area (Å²) in [6, 6.07) is 6.41. The van der Waals surface area contributed by atoms with Crippen molar-refractivity contribution in [2.24, 2.45) is 0 Å². The third-order valence-corrected chi connectivity index (χ3v) is 3.02. The molecule has 0 aliphatic carbocycles. The van der Waals surface area contributed by atoms with E-state index in [1.54, 1.807) is 0 Å². The van der Waals surface area contributed by atoms with E-state index in [-0.39, 0.29) is 5.41 Å². The summed E-state index contributed by atoms with van der Waals surface area (Å²) in [4.78, 5) is 4.26. The largest absolute Gasteiger partial charge is 0.381 e. The van der Waals surface area contributed by atoms with E-state index in [1.165, 1.54) is 0 Å². The van der Waals surface area contributed by atoms with Crippen molar-refractivity contribution in [2.75, 3.05) is 13.2 Å². The van der Waals surface area contributed by atoms with Crippen molar-refractivity contribution in [1.29, 1.82) is 5.26 Å². The van der Waals surface area contributed by atoms with Crippen LogP contribution in [0.25, 0.3) is 0 Å². The van der Waals surface area contributed by atoms with Crippen LogP contribution in [0.3, 0.4) is 0 Å². The number of nitrogens with zero attached hydrogens (tertiary/aromatic N) is 2. The molecule has 78 valence electrons. The lowest BCUT2D eigenvalue weighted by Gasteiger charge is -2.30. The number of pyridine rings is 1. The van der Waals surface area contributed by atoms with Crippen LogP contribution in [0.2, 0.25) is 0 Å². The number of aryl methyl sites for hydroxylation is 1. The van der Waals surface area contributed by atoms with Crippen LogP contribution >= 0.6 is 0 Å². The Kier molecular flexibility index (Phi) is 2.70. The summed E-state index contributed by atoms with van der Waals surface area (Å²) in [5, 5.41) is 9.33. The molecule has 0 N–H and O–H groups in total. The minimum absolute atomic E-state index is 0.376. The van der Waals surface area contributed by atoms with Crippen LogP contribution in [0.5, 0.6) is 0 Å². The zero-order valence-corrected chi connectivity index (χ0v) is 8.86. The van der Waals surface area contributed by atoms with Crippen molar-refractivity contribution in [3.8, 4) is 6.07 Å². The van der Waals surface area contributed by atoms with Gasteiger partial charge in [-0.3, -0.25) is 4.98 Å². The predicted octanol–water partition coefficient (Wildman–Crippen LogP) is 1.96. The van der Waals surface area contributed by atoms with Gasteiger partial charge in [0.05, 0.1) is 11.5 Å². The quantitative estimate of drug-likeness (QED) is 0.699. The molecule has 1 aromatic heterocycles. The highest BCUT2D eigenvalue weighted by Crippen LogP contribution is 2.33. The molecule has 0 radical (unpaired) electrons. The van der Waals surface area contributed by atoms with E-state index >= 15 is 0 Å². The highest BCUT2D eigenvalue weighted by Gasteiger charge is 2.34. The minimum Gasteiger partial charge on any atom is -0.381 e. The average molecular weight is 202 g/mol. The van der Waals surface area contributed by atoms with Crippen molar-refractivity contribution < 1.29 is 4.74 Å². The van der Waals surface area contributed by atoms with Gasteiger partial charge in [0.2, 0.25) is 0 Å². The second-order valence-corrected chi connectivity index (χ2v) is 3.99. The Balaban J connectivity index is 2.33. The number of aromatic nitrogens is 1. The third-order valence-electron chi connectivity index (χ3n) is 3.02. The number of ether oxygens (including phenoxy) is 1. The maximum Gasteiger partial charge on any atom is 0.0880 e. The minimum atomic E-state index is -0.376. The topological polar surface area (TPSA) is 45.9 Å². The smallest absolute Gasteiger partial charge is 0.0880 e. The standard InChI is InChI=1S/C12H14N2O/c1-10-2-3-11(8-14-10)12(9-13)4-6-15-7-5-12/h2-3,8H,4-7H2,1H3. The van der Waals surface area contributed by atoms with E-state index in [4.69, 9.17) is 4.74 Å². The molecule has 1 aromatic rings. The molecule has 15 heavy (non-hydrogen) atoms. The first-order chi connectivity index (χ1) is 7.27. The maximum atomic E-state index is 9.33. The molecule has 2 heterocycles. The first-order valence-corrected chi connectivity index (χ1v) is 5.19. The molecular weight excluding hydrogens is 188 g/mol. The van der Waals surface area contributed by atoms with Crippen molar-refractivity contribution >= 4 is 0 Å². The maximum absolute atomic E-state index is 9.33. The Labute approximate surface area is 89.7 Å². The molecule has 0 amide bonds. The van der Waals surface area contributed by atoms with Crippen molar-refractivity contribution in [2.45, 2.75) is 25.2 Å². The second kappa shape index (κ2) is 4.00. The van der Waals surface area contributed by atoms with E-state index in [2.05, 4.69) is 11.1 Å². The molecule has 1 aliphatic rings. The fourth-order valence-corrected chi connectivity index (χ4v) is 1.94. The Morgan fingerprint density at radius 1 is 1.40 bits per heavy atom. The molecule has 0 bridgehead atoms.